The van der Waals surface area contributed by atoms with E-state index >= 15 is 0 Å². The van der Waals surface area contributed by atoms with Gasteiger partial charge in [0.2, 0.25) is 0 Å². The number of thioether (sulfide) groups is 1. The van der Waals surface area contributed by atoms with E-state index in [0.29, 0.717) is 18.1 Å². The van der Waals surface area contributed by atoms with Crippen molar-refractivity contribution in [2.24, 2.45) is 4.99 Å². The lowest BCUT2D eigenvalue weighted by Crippen LogP contribution is -2.28. The molecule has 0 spiro atoms. The second-order valence-corrected chi connectivity index (χ2v) is 10.2. The molecule has 0 aliphatic carbocycles. The lowest BCUT2D eigenvalue weighted by Gasteiger charge is -2.26. The van der Waals surface area contributed by atoms with Gasteiger partial charge in [-0.15, -0.1) is 0 Å². The summed E-state index contributed by atoms with van der Waals surface area (Å²) in [5.74, 6) is 0.807. The third-order valence-corrected chi connectivity index (χ3v) is 6.86. The number of aryl methyl sites for hydroxylation is 2. The van der Waals surface area contributed by atoms with Gasteiger partial charge in [-0.2, -0.15) is 0 Å². The van der Waals surface area contributed by atoms with E-state index in [2.05, 4.69) is 54.3 Å². The molecule has 4 aromatic rings. The van der Waals surface area contributed by atoms with Crippen LogP contribution >= 0.6 is 23.4 Å². The van der Waals surface area contributed by atoms with Crippen molar-refractivity contribution in [3.63, 3.8) is 0 Å². The summed E-state index contributed by atoms with van der Waals surface area (Å²) in [5.41, 5.74) is 12.2. The Labute approximate surface area is 222 Å². The highest BCUT2D eigenvalue weighted by atomic mass is 35.5. The summed E-state index contributed by atoms with van der Waals surface area (Å²) in [7, 11) is 1.68. The number of nitrogens with two attached hydrogens (primary N) is 1. The standard InChI is InChI=1S/C30H30ClN3OS/c1-21-7-9-23(10-8-21)19-34(20-24-11-13-26(32)14-12-24)30(33-27-16-22(2)15-25(31)17-27)36-29-6-4-5-28(18-29)35-3/h4-18H,19-20,32H2,1-3H3. The molecule has 0 aromatic heterocycles. The molecule has 36 heavy (non-hydrogen) atoms. The first-order chi connectivity index (χ1) is 17.4. The summed E-state index contributed by atoms with van der Waals surface area (Å²) in [4.78, 5) is 8.44. The van der Waals surface area contributed by atoms with Gasteiger partial charge in [-0.25, -0.2) is 4.99 Å². The van der Waals surface area contributed by atoms with E-state index < -0.39 is 0 Å². The van der Waals surface area contributed by atoms with Crippen molar-refractivity contribution >= 4 is 39.9 Å². The summed E-state index contributed by atoms with van der Waals surface area (Å²) in [5, 5.41) is 1.53. The Hall–Kier alpha value is -3.41. The Morgan fingerprint density at radius 1 is 0.861 bits per heavy atom. The quantitative estimate of drug-likeness (QED) is 0.117. The number of rotatable bonds is 7. The number of ether oxygens (including phenoxy) is 1. The summed E-state index contributed by atoms with van der Waals surface area (Å²) in [6.45, 7) is 5.49. The predicted molar refractivity (Wildman–Crippen MR) is 153 cm³/mol. The first kappa shape index (κ1) is 25.7. The molecule has 2 N–H and O–H groups in total. The summed E-state index contributed by atoms with van der Waals surface area (Å²) in [6, 6.07) is 30.5. The van der Waals surface area contributed by atoms with Gasteiger partial charge < -0.3 is 15.4 Å². The van der Waals surface area contributed by atoms with E-state index in [-0.39, 0.29) is 0 Å². The SMILES string of the molecule is COc1cccc(SC(=Nc2cc(C)cc(Cl)c2)N(Cc2ccc(C)cc2)Cc2ccc(N)cc2)c1. The maximum Gasteiger partial charge on any atom is 0.169 e. The highest BCUT2D eigenvalue weighted by molar-refractivity contribution is 8.13. The van der Waals surface area contributed by atoms with Crippen LogP contribution in [0.25, 0.3) is 0 Å². The van der Waals surface area contributed by atoms with Crippen molar-refractivity contribution in [3.05, 3.63) is 118 Å². The molecule has 0 aliphatic heterocycles. The zero-order chi connectivity index (χ0) is 25.5. The van der Waals surface area contributed by atoms with Crippen LogP contribution in [0.15, 0.2) is 101 Å². The van der Waals surface area contributed by atoms with Crippen molar-refractivity contribution in [2.45, 2.75) is 31.8 Å². The first-order valence-electron chi connectivity index (χ1n) is 11.7. The molecule has 6 heteroatoms. The Balaban J connectivity index is 1.78. The number of hydrogen-bond donors (Lipinski definition) is 1. The lowest BCUT2D eigenvalue weighted by atomic mass is 10.1. The molecule has 0 bridgehead atoms. The number of benzene rings is 4. The molecule has 0 atom stereocenters. The van der Waals surface area contributed by atoms with E-state index in [9.17, 15) is 0 Å². The minimum atomic E-state index is 0.670. The third kappa shape index (κ3) is 7.30. The fourth-order valence-corrected chi connectivity index (χ4v) is 4.99. The molecule has 4 aromatic carbocycles. The molecular weight excluding hydrogens is 486 g/mol. The molecular formula is C30H30ClN3OS. The average Bonchev–Trinajstić information content (AvgIpc) is 2.85. The maximum absolute atomic E-state index is 6.38. The van der Waals surface area contributed by atoms with Crippen LogP contribution in [0.4, 0.5) is 11.4 Å². The van der Waals surface area contributed by atoms with Crippen molar-refractivity contribution in [3.8, 4) is 5.75 Å². The summed E-state index contributed by atoms with van der Waals surface area (Å²) >= 11 is 7.99. The smallest absolute Gasteiger partial charge is 0.169 e. The number of nitrogens with zero attached hydrogens (tertiary/aromatic N) is 2. The van der Waals surface area contributed by atoms with Crippen molar-refractivity contribution in [2.75, 3.05) is 12.8 Å². The summed E-state index contributed by atoms with van der Waals surface area (Å²) in [6.07, 6.45) is 0. The van der Waals surface area contributed by atoms with Crippen molar-refractivity contribution < 1.29 is 4.74 Å². The highest BCUT2D eigenvalue weighted by Crippen LogP contribution is 2.30. The van der Waals surface area contributed by atoms with Crippen LogP contribution in [0.1, 0.15) is 22.3 Å². The number of halogens is 1. The maximum atomic E-state index is 6.38. The number of amidine groups is 1. The van der Waals surface area contributed by atoms with Crippen LogP contribution in [0.2, 0.25) is 5.02 Å². The van der Waals surface area contributed by atoms with Crippen LogP contribution in [0, 0.1) is 13.8 Å². The molecule has 0 unspecified atom stereocenters. The number of methoxy groups -OCH3 is 1. The molecule has 0 heterocycles. The van der Waals surface area contributed by atoms with E-state index in [0.717, 1.165) is 38.3 Å². The second kappa shape index (κ2) is 12.0. The largest absolute Gasteiger partial charge is 0.497 e. The minimum Gasteiger partial charge on any atom is -0.497 e. The number of anilines is 1. The van der Waals surface area contributed by atoms with Gasteiger partial charge in [-0.1, -0.05) is 71.4 Å². The van der Waals surface area contributed by atoms with E-state index in [4.69, 9.17) is 27.1 Å². The van der Waals surface area contributed by atoms with Gasteiger partial charge in [0.25, 0.3) is 0 Å². The van der Waals surface area contributed by atoms with Gasteiger partial charge in [0.15, 0.2) is 5.17 Å². The molecule has 4 nitrogen and oxygen atoms in total. The van der Waals surface area contributed by atoms with Crippen LogP contribution in [0.5, 0.6) is 5.75 Å². The Kier molecular flexibility index (Phi) is 8.57. The fraction of sp³-hybridized carbons (Fsp3) is 0.167. The zero-order valence-corrected chi connectivity index (χ0v) is 22.3. The van der Waals surface area contributed by atoms with Crippen LogP contribution < -0.4 is 10.5 Å². The molecule has 0 saturated carbocycles. The van der Waals surface area contributed by atoms with Gasteiger partial charge >= 0.3 is 0 Å². The molecule has 4 rings (SSSR count). The first-order valence-corrected chi connectivity index (χ1v) is 12.9. The van der Waals surface area contributed by atoms with Crippen LogP contribution in [0.3, 0.4) is 0 Å². The average molecular weight is 516 g/mol. The summed E-state index contributed by atoms with van der Waals surface area (Å²) < 4.78 is 5.46. The fourth-order valence-electron chi connectivity index (χ4n) is 3.77. The lowest BCUT2D eigenvalue weighted by molar-refractivity contribution is 0.413. The van der Waals surface area contributed by atoms with Crippen molar-refractivity contribution in [1.29, 1.82) is 0 Å². The van der Waals surface area contributed by atoms with E-state index in [1.54, 1.807) is 18.9 Å². The van der Waals surface area contributed by atoms with E-state index in [1.807, 2.05) is 55.5 Å². The molecule has 0 fully saturated rings. The number of aliphatic imine (C=N–C) groups is 1. The third-order valence-electron chi connectivity index (χ3n) is 5.62. The normalized spacial score (nSPS) is 11.4. The zero-order valence-electron chi connectivity index (χ0n) is 20.7. The van der Waals surface area contributed by atoms with Gasteiger partial charge in [0.05, 0.1) is 12.8 Å². The molecule has 184 valence electrons. The number of hydrogen-bond acceptors (Lipinski definition) is 4. The molecule has 0 saturated heterocycles. The number of nitrogen functional groups attached to an aromatic ring is 1. The molecule has 0 radical (unpaired) electrons. The van der Waals surface area contributed by atoms with Crippen LogP contribution in [-0.2, 0) is 13.1 Å². The minimum absolute atomic E-state index is 0.670. The van der Waals surface area contributed by atoms with E-state index in [1.165, 1.54) is 11.1 Å². The molecule has 0 aliphatic rings. The van der Waals surface area contributed by atoms with Gasteiger partial charge in [-0.3, -0.25) is 0 Å². The van der Waals surface area contributed by atoms with Gasteiger partial charge in [0.1, 0.15) is 5.75 Å². The Bertz CT molecular complexity index is 1270. The Morgan fingerprint density at radius 3 is 2.17 bits per heavy atom. The topological polar surface area (TPSA) is 50.8 Å². The van der Waals surface area contributed by atoms with Gasteiger partial charge in [0, 0.05) is 28.7 Å². The molecule has 0 amide bonds. The second-order valence-electron chi connectivity index (χ2n) is 8.75. The van der Waals surface area contributed by atoms with Gasteiger partial charge in [-0.05, 0) is 79.1 Å². The van der Waals surface area contributed by atoms with Crippen LogP contribution in [-0.4, -0.2) is 17.2 Å². The monoisotopic (exact) mass is 515 g/mol. The Morgan fingerprint density at radius 2 is 1.53 bits per heavy atom. The van der Waals surface area contributed by atoms with Crippen molar-refractivity contribution in [1.82, 2.24) is 4.90 Å². The highest BCUT2D eigenvalue weighted by Gasteiger charge is 2.16. The predicted octanol–water partition coefficient (Wildman–Crippen LogP) is 8.03.